The Morgan fingerprint density at radius 1 is 0.235 bits per heavy atom. The molecule has 0 saturated heterocycles. The Balaban J connectivity index is 1.18. The van der Waals surface area contributed by atoms with E-state index < -0.39 is 0 Å². The average Bonchev–Trinajstić information content (AvgIpc) is 3.54. The molecule has 0 unspecified atom stereocenters. The highest BCUT2D eigenvalue weighted by Crippen LogP contribution is 2.45. The highest BCUT2D eigenvalue weighted by Gasteiger charge is 2.18. The number of para-hydroxylation sites is 1. The number of benzene rings is 9. The zero-order valence-electron chi connectivity index (χ0n) is 28.0. The molecule has 10 aromatic rings. The van der Waals surface area contributed by atoms with Crippen molar-refractivity contribution in [2.45, 2.75) is 0 Å². The lowest BCUT2D eigenvalue weighted by Gasteiger charge is -2.19. The Morgan fingerprint density at radius 3 is 1.27 bits per heavy atom. The van der Waals surface area contributed by atoms with Crippen LogP contribution in [0, 0.1) is 0 Å². The van der Waals surface area contributed by atoms with Crippen molar-refractivity contribution in [1.29, 1.82) is 0 Å². The van der Waals surface area contributed by atoms with Crippen molar-refractivity contribution in [3.8, 4) is 50.2 Å². The second-order valence-electron chi connectivity index (χ2n) is 13.3. The third kappa shape index (κ3) is 4.86. The summed E-state index contributed by atoms with van der Waals surface area (Å²) in [6.07, 6.45) is 0. The molecule has 0 bridgehead atoms. The van der Waals surface area contributed by atoms with Crippen LogP contribution in [-0.2, 0) is 0 Å². The molecule has 238 valence electrons. The van der Waals surface area contributed by atoms with Gasteiger partial charge in [-0.25, -0.2) is 0 Å². The summed E-state index contributed by atoms with van der Waals surface area (Å²) >= 11 is 0. The topological polar surface area (TPSA) is 4.93 Å². The van der Waals surface area contributed by atoms with Crippen LogP contribution in [0.25, 0.3) is 93.5 Å². The van der Waals surface area contributed by atoms with Gasteiger partial charge in [0.25, 0.3) is 0 Å². The quantitative estimate of drug-likeness (QED) is 0.164. The molecule has 0 aliphatic carbocycles. The maximum atomic E-state index is 2.41. The first-order valence-corrected chi connectivity index (χ1v) is 17.6. The summed E-state index contributed by atoms with van der Waals surface area (Å²) in [4.78, 5) is 0. The fraction of sp³-hybridized carbons (Fsp3) is 0. The van der Waals surface area contributed by atoms with Crippen LogP contribution in [0.4, 0.5) is 0 Å². The number of hydrogen-bond donors (Lipinski definition) is 0. The zero-order chi connectivity index (χ0) is 33.7. The SMILES string of the molecule is c1ccc(-c2ccc3c(-c4ccc(-n5c6ccccc6c6cc(-c7ccccc7)ccc65)cc4)c4ccccc4c(-c4ccccc4)c3c2)cc1. The first-order chi connectivity index (χ1) is 25.3. The molecule has 0 spiro atoms. The summed E-state index contributed by atoms with van der Waals surface area (Å²) in [5, 5.41) is 7.56. The molecule has 0 fully saturated rings. The normalized spacial score (nSPS) is 11.5. The lowest BCUT2D eigenvalue weighted by Crippen LogP contribution is -1.95. The van der Waals surface area contributed by atoms with Crippen molar-refractivity contribution in [2.75, 3.05) is 0 Å². The Bertz CT molecular complexity index is 2860. The Kier molecular flexibility index (Phi) is 6.89. The van der Waals surface area contributed by atoms with Crippen molar-refractivity contribution >= 4 is 43.4 Å². The molecular formula is C50H33N. The van der Waals surface area contributed by atoms with Gasteiger partial charge in [-0.1, -0.05) is 164 Å². The highest BCUT2D eigenvalue weighted by molar-refractivity contribution is 6.22. The molecule has 0 amide bonds. The molecular weight excluding hydrogens is 615 g/mol. The van der Waals surface area contributed by atoms with Crippen molar-refractivity contribution in [2.24, 2.45) is 0 Å². The lowest BCUT2D eigenvalue weighted by atomic mass is 9.85. The number of aromatic nitrogens is 1. The molecule has 0 aliphatic heterocycles. The highest BCUT2D eigenvalue weighted by atomic mass is 15.0. The molecule has 1 nitrogen and oxygen atoms in total. The number of fused-ring (bicyclic) bond motifs is 5. The third-order valence-electron chi connectivity index (χ3n) is 10.4. The fourth-order valence-corrected chi connectivity index (χ4v) is 8.05. The number of hydrogen-bond acceptors (Lipinski definition) is 0. The van der Waals surface area contributed by atoms with E-state index in [1.807, 2.05) is 0 Å². The summed E-state index contributed by atoms with van der Waals surface area (Å²) in [5.41, 5.74) is 13.5. The smallest absolute Gasteiger partial charge is 0.0541 e. The average molecular weight is 648 g/mol. The van der Waals surface area contributed by atoms with Crippen LogP contribution >= 0.6 is 0 Å². The predicted molar refractivity (Wildman–Crippen MR) is 218 cm³/mol. The standard InChI is InChI=1S/C50H33N/c1-4-14-34(15-5-1)38-26-30-44-46(33-38)50(36-18-8-3-9-19-36)43-22-11-10-21-42(43)49(44)37-24-28-40(29-25-37)51-47-23-13-12-20-41(47)45-32-39(27-31-48(45)51)35-16-6-2-7-17-35/h1-33H. The summed E-state index contributed by atoms with van der Waals surface area (Å²) in [6.45, 7) is 0. The lowest BCUT2D eigenvalue weighted by molar-refractivity contribution is 1.18. The fourth-order valence-electron chi connectivity index (χ4n) is 8.05. The molecule has 0 aliphatic rings. The van der Waals surface area contributed by atoms with Crippen LogP contribution in [0.5, 0.6) is 0 Å². The Labute approximate surface area is 297 Å². The third-order valence-corrected chi connectivity index (χ3v) is 10.4. The molecule has 1 aromatic heterocycles. The minimum absolute atomic E-state index is 1.15. The van der Waals surface area contributed by atoms with Crippen LogP contribution in [0.3, 0.4) is 0 Å². The van der Waals surface area contributed by atoms with Gasteiger partial charge in [0, 0.05) is 16.5 Å². The largest absolute Gasteiger partial charge is 0.309 e. The van der Waals surface area contributed by atoms with E-state index in [9.17, 15) is 0 Å². The minimum atomic E-state index is 1.15. The van der Waals surface area contributed by atoms with Gasteiger partial charge in [-0.05, 0) is 102 Å². The molecule has 10 rings (SSSR count). The van der Waals surface area contributed by atoms with E-state index in [4.69, 9.17) is 0 Å². The first-order valence-electron chi connectivity index (χ1n) is 17.6. The van der Waals surface area contributed by atoms with E-state index in [-0.39, 0.29) is 0 Å². The van der Waals surface area contributed by atoms with E-state index in [0.717, 1.165) is 5.69 Å². The number of nitrogens with zero attached hydrogens (tertiary/aromatic N) is 1. The molecule has 1 heterocycles. The monoisotopic (exact) mass is 647 g/mol. The minimum Gasteiger partial charge on any atom is -0.309 e. The predicted octanol–water partition coefficient (Wildman–Crippen LogP) is 13.8. The number of rotatable bonds is 5. The van der Waals surface area contributed by atoms with Gasteiger partial charge < -0.3 is 4.57 Å². The molecule has 0 N–H and O–H groups in total. The van der Waals surface area contributed by atoms with Gasteiger partial charge >= 0.3 is 0 Å². The first kappa shape index (κ1) is 29.2. The van der Waals surface area contributed by atoms with Crippen molar-refractivity contribution in [3.05, 3.63) is 200 Å². The Morgan fingerprint density at radius 2 is 0.647 bits per heavy atom. The van der Waals surface area contributed by atoms with Crippen LogP contribution in [-0.4, -0.2) is 4.57 Å². The van der Waals surface area contributed by atoms with Crippen LogP contribution in [0.1, 0.15) is 0 Å². The van der Waals surface area contributed by atoms with Crippen LogP contribution in [0.2, 0.25) is 0 Å². The van der Waals surface area contributed by atoms with Gasteiger partial charge in [0.15, 0.2) is 0 Å². The summed E-state index contributed by atoms with van der Waals surface area (Å²) < 4.78 is 2.41. The maximum absolute atomic E-state index is 2.41. The second kappa shape index (κ2) is 12.0. The van der Waals surface area contributed by atoms with Crippen LogP contribution < -0.4 is 0 Å². The van der Waals surface area contributed by atoms with Crippen molar-refractivity contribution in [1.82, 2.24) is 4.57 Å². The second-order valence-corrected chi connectivity index (χ2v) is 13.3. The molecule has 51 heavy (non-hydrogen) atoms. The molecule has 9 aromatic carbocycles. The summed E-state index contributed by atoms with van der Waals surface area (Å²) in [5.74, 6) is 0. The van der Waals surface area contributed by atoms with E-state index >= 15 is 0 Å². The van der Waals surface area contributed by atoms with Crippen LogP contribution in [0.15, 0.2) is 200 Å². The molecule has 0 atom stereocenters. The zero-order valence-corrected chi connectivity index (χ0v) is 28.0. The van der Waals surface area contributed by atoms with E-state index in [1.165, 1.54) is 87.9 Å². The van der Waals surface area contributed by atoms with E-state index in [1.54, 1.807) is 0 Å². The van der Waals surface area contributed by atoms with Gasteiger partial charge in [-0.3, -0.25) is 0 Å². The van der Waals surface area contributed by atoms with Gasteiger partial charge in [0.2, 0.25) is 0 Å². The Hall–Kier alpha value is -6.70. The van der Waals surface area contributed by atoms with Crippen molar-refractivity contribution in [3.63, 3.8) is 0 Å². The molecule has 0 radical (unpaired) electrons. The summed E-state index contributed by atoms with van der Waals surface area (Å²) in [6, 6.07) is 72.9. The molecule has 1 heteroatoms. The van der Waals surface area contributed by atoms with Gasteiger partial charge in [-0.2, -0.15) is 0 Å². The van der Waals surface area contributed by atoms with Crippen molar-refractivity contribution < 1.29 is 0 Å². The summed E-state index contributed by atoms with van der Waals surface area (Å²) in [7, 11) is 0. The van der Waals surface area contributed by atoms with E-state index in [0.29, 0.717) is 0 Å². The van der Waals surface area contributed by atoms with Gasteiger partial charge in [-0.15, -0.1) is 0 Å². The van der Waals surface area contributed by atoms with Gasteiger partial charge in [0.1, 0.15) is 0 Å². The van der Waals surface area contributed by atoms with E-state index in [2.05, 4.69) is 205 Å². The maximum Gasteiger partial charge on any atom is 0.0541 e. The molecule has 0 saturated carbocycles. The van der Waals surface area contributed by atoms with Gasteiger partial charge in [0.05, 0.1) is 11.0 Å².